The van der Waals surface area contributed by atoms with Crippen LogP contribution >= 0.6 is 0 Å². The summed E-state index contributed by atoms with van der Waals surface area (Å²) < 4.78 is 5.96. The lowest BCUT2D eigenvalue weighted by Gasteiger charge is -2.24. The molecule has 1 aromatic carbocycles. The normalized spacial score (nSPS) is 28.0. The Kier molecular flexibility index (Phi) is 5.37. The van der Waals surface area contributed by atoms with E-state index in [-0.39, 0.29) is 0 Å². The molecule has 4 atom stereocenters. The fourth-order valence-electron chi connectivity index (χ4n) is 4.23. The minimum atomic E-state index is -0.445. The fourth-order valence-corrected chi connectivity index (χ4v) is 4.23. The summed E-state index contributed by atoms with van der Waals surface area (Å²) >= 11 is 0. The molecule has 2 aliphatic carbocycles. The van der Waals surface area contributed by atoms with Crippen molar-refractivity contribution in [1.82, 2.24) is 5.32 Å². The lowest BCUT2D eigenvalue weighted by molar-refractivity contribution is 0.105. The first-order valence-electron chi connectivity index (χ1n) is 8.88. The van der Waals surface area contributed by atoms with Crippen molar-refractivity contribution in [2.45, 2.75) is 51.0 Å². The van der Waals surface area contributed by atoms with Crippen LogP contribution in [0.15, 0.2) is 24.3 Å². The highest BCUT2D eigenvalue weighted by molar-refractivity contribution is 5.38. The second-order valence-corrected chi connectivity index (χ2v) is 6.99. The van der Waals surface area contributed by atoms with Gasteiger partial charge in [-0.1, -0.05) is 31.5 Å². The van der Waals surface area contributed by atoms with Crippen molar-refractivity contribution >= 4 is 0 Å². The maximum atomic E-state index is 10.0. The molecule has 0 saturated heterocycles. The van der Waals surface area contributed by atoms with Crippen molar-refractivity contribution in [3.05, 3.63) is 29.8 Å². The van der Waals surface area contributed by atoms with Crippen LogP contribution < -0.4 is 10.1 Å². The molecule has 0 spiro atoms. The van der Waals surface area contributed by atoms with Gasteiger partial charge in [0, 0.05) is 6.54 Å². The zero-order chi connectivity index (χ0) is 15.4. The van der Waals surface area contributed by atoms with Crippen molar-refractivity contribution in [3.8, 4) is 5.75 Å². The molecule has 2 saturated carbocycles. The van der Waals surface area contributed by atoms with Crippen molar-refractivity contribution in [3.63, 3.8) is 0 Å². The van der Waals surface area contributed by atoms with E-state index in [0.717, 1.165) is 30.6 Å². The predicted molar refractivity (Wildman–Crippen MR) is 89.3 cm³/mol. The van der Waals surface area contributed by atoms with Crippen LogP contribution in [0.2, 0.25) is 0 Å². The van der Waals surface area contributed by atoms with Gasteiger partial charge in [-0.25, -0.2) is 0 Å². The summed E-state index contributed by atoms with van der Waals surface area (Å²) in [4.78, 5) is 0. The highest BCUT2D eigenvalue weighted by Gasteiger charge is 2.41. The fraction of sp³-hybridized carbons (Fsp3) is 0.684. The second-order valence-electron chi connectivity index (χ2n) is 6.99. The Labute approximate surface area is 134 Å². The lowest BCUT2D eigenvalue weighted by atomic mass is 9.83. The van der Waals surface area contributed by atoms with Crippen LogP contribution in [0, 0.1) is 11.8 Å². The molecule has 0 amide bonds. The minimum absolute atomic E-state index is 0.370. The second kappa shape index (κ2) is 7.47. The van der Waals surface area contributed by atoms with Crippen LogP contribution in [0.25, 0.3) is 0 Å². The van der Waals surface area contributed by atoms with E-state index in [1.807, 2.05) is 6.07 Å². The standard InChI is InChI=1S/C19H29NO2/c1-2-9-20-12-16(21)13-22-19-6-4-3-5-17(19)18-11-14-7-8-15(18)10-14/h3-6,14-16,18,20-21H,2,7-13H2,1H3. The number of fused-ring (bicyclic) bond motifs is 2. The van der Waals surface area contributed by atoms with Gasteiger partial charge < -0.3 is 15.2 Å². The number of hydrogen-bond donors (Lipinski definition) is 2. The third-order valence-electron chi connectivity index (χ3n) is 5.29. The van der Waals surface area contributed by atoms with E-state index in [0.29, 0.717) is 19.1 Å². The summed E-state index contributed by atoms with van der Waals surface area (Å²) in [6.45, 7) is 4.04. The van der Waals surface area contributed by atoms with Gasteiger partial charge in [-0.2, -0.15) is 0 Å². The molecule has 3 heteroatoms. The first kappa shape index (κ1) is 15.8. The average Bonchev–Trinajstić information content (AvgIpc) is 3.16. The van der Waals surface area contributed by atoms with Gasteiger partial charge in [-0.05, 0) is 61.6 Å². The van der Waals surface area contributed by atoms with E-state index in [4.69, 9.17) is 4.74 Å². The van der Waals surface area contributed by atoms with Gasteiger partial charge in [0.2, 0.25) is 0 Å². The summed E-state index contributed by atoms with van der Waals surface area (Å²) in [5, 5.41) is 13.2. The van der Waals surface area contributed by atoms with Gasteiger partial charge in [0.15, 0.2) is 0 Å². The van der Waals surface area contributed by atoms with E-state index in [2.05, 4.69) is 30.4 Å². The molecule has 2 bridgehead atoms. The summed E-state index contributed by atoms with van der Waals surface area (Å²) in [5.41, 5.74) is 1.36. The van der Waals surface area contributed by atoms with Gasteiger partial charge >= 0.3 is 0 Å². The van der Waals surface area contributed by atoms with Crippen LogP contribution in [0.3, 0.4) is 0 Å². The van der Waals surface area contributed by atoms with Gasteiger partial charge in [-0.3, -0.25) is 0 Å². The Morgan fingerprint density at radius 2 is 2.14 bits per heavy atom. The molecule has 122 valence electrons. The van der Waals surface area contributed by atoms with E-state index < -0.39 is 6.10 Å². The van der Waals surface area contributed by atoms with Gasteiger partial charge in [-0.15, -0.1) is 0 Å². The summed E-state index contributed by atoms with van der Waals surface area (Å²) in [7, 11) is 0. The van der Waals surface area contributed by atoms with Crippen molar-refractivity contribution in [2.75, 3.05) is 19.7 Å². The summed E-state index contributed by atoms with van der Waals surface area (Å²) in [6, 6.07) is 8.44. The predicted octanol–water partition coefficient (Wildman–Crippen LogP) is 3.33. The minimum Gasteiger partial charge on any atom is -0.491 e. The highest BCUT2D eigenvalue weighted by atomic mass is 16.5. The molecule has 0 aromatic heterocycles. The smallest absolute Gasteiger partial charge is 0.122 e. The zero-order valence-electron chi connectivity index (χ0n) is 13.6. The van der Waals surface area contributed by atoms with E-state index in [1.165, 1.54) is 31.2 Å². The molecule has 2 fully saturated rings. The molecule has 3 nitrogen and oxygen atoms in total. The molecule has 2 aliphatic rings. The average molecular weight is 303 g/mol. The Balaban J connectivity index is 1.57. The van der Waals surface area contributed by atoms with Crippen LogP contribution in [-0.2, 0) is 0 Å². The largest absolute Gasteiger partial charge is 0.491 e. The Bertz CT molecular complexity index is 476. The lowest BCUT2D eigenvalue weighted by Crippen LogP contribution is -2.32. The number of para-hydroxylation sites is 1. The van der Waals surface area contributed by atoms with Crippen molar-refractivity contribution in [1.29, 1.82) is 0 Å². The van der Waals surface area contributed by atoms with Crippen molar-refractivity contribution in [2.24, 2.45) is 11.8 Å². The van der Waals surface area contributed by atoms with Crippen LogP contribution in [0.4, 0.5) is 0 Å². The quantitative estimate of drug-likeness (QED) is 0.724. The number of ether oxygens (including phenoxy) is 1. The molecule has 0 radical (unpaired) electrons. The summed E-state index contributed by atoms with van der Waals surface area (Å²) in [5.74, 6) is 3.44. The molecular weight excluding hydrogens is 274 g/mol. The molecule has 3 rings (SSSR count). The third kappa shape index (κ3) is 3.64. The Morgan fingerprint density at radius 3 is 2.86 bits per heavy atom. The first-order valence-corrected chi connectivity index (χ1v) is 8.88. The molecule has 0 aliphatic heterocycles. The molecular formula is C19H29NO2. The zero-order valence-corrected chi connectivity index (χ0v) is 13.6. The number of aliphatic hydroxyl groups excluding tert-OH is 1. The maximum Gasteiger partial charge on any atom is 0.122 e. The number of nitrogens with one attached hydrogen (secondary N) is 1. The molecule has 22 heavy (non-hydrogen) atoms. The van der Waals surface area contributed by atoms with Crippen LogP contribution in [0.1, 0.15) is 50.5 Å². The molecule has 1 aromatic rings. The number of rotatable bonds is 8. The maximum absolute atomic E-state index is 10.0. The first-order chi connectivity index (χ1) is 10.8. The summed E-state index contributed by atoms with van der Waals surface area (Å²) in [6.07, 6.45) is 6.17. The Morgan fingerprint density at radius 1 is 1.27 bits per heavy atom. The van der Waals surface area contributed by atoms with Gasteiger partial charge in [0.05, 0.1) is 0 Å². The molecule has 2 N–H and O–H groups in total. The van der Waals surface area contributed by atoms with Crippen LogP contribution in [-0.4, -0.2) is 30.9 Å². The third-order valence-corrected chi connectivity index (χ3v) is 5.29. The number of hydrogen-bond acceptors (Lipinski definition) is 3. The van der Waals surface area contributed by atoms with E-state index in [9.17, 15) is 5.11 Å². The van der Waals surface area contributed by atoms with E-state index >= 15 is 0 Å². The van der Waals surface area contributed by atoms with E-state index in [1.54, 1.807) is 0 Å². The molecule has 0 heterocycles. The highest BCUT2D eigenvalue weighted by Crippen LogP contribution is 2.54. The Hall–Kier alpha value is -1.06. The number of benzene rings is 1. The van der Waals surface area contributed by atoms with Gasteiger partial charge in [0.1, 0.15) is 18.5 Å². The molecule has 4 unspecified atom stereocenters. The number of aliphatic hydroxyl groups is 1. The monoisotopic (exact) mass is 303 g/mol. The SMILES string of the molecule is CCCNCC(O)COc1ccccc1C1CC2CCC1C2. The topological polar surface area (TPSA) is 41.5 Å². The van der Waals surface area contributed by atoms with Gasteiger partial charge in [0.25, 0.3) is 0 Å². The van der Waals surface area contributed by atoms with Crippen LogP contribution in [0.5, 0.6) is 5.75 Å². The van der Waals surface area contributed by atoms with Crippen molar-refractivity contribution < 1.29 is 9.84 Å².